The average Bonchev–Trinajstić information content (AvgIpc) is 3.22. The lowest BCUT2D eigenvalue weighted by molar-refractivity contribution is -0.120. The molecule has 0 radical (unpaired) electrons. The van der Waals surface area contributed by atoms with E-state index in [0.29, 0.717) is 5.75 Å². The highest BCUT2D eigenvalue weighted by Crippen LogP contribution is 2.33. The number of ether oxygens (including phenoxy) is 2. The molecule has 7 nitrogen and oxygen atoms in total. The maximum atomic E-state index is 13.2. The van der Waals surface area contributed by atoms with Crippen LogP contribution in [0.1, 0.15) is 30.9 Å². The fraction of sp³-hybridized carbons (Fsp3) is 0.391. The number of anilines is 1. The van der Waals surface area contributed by atoms with Crippen molar-refractivity contribution < 1.29 is 19.1 Å². The zero-order valence-corrected chi connectivity index (χ0v) is 17.5. The van der Waals surface area contributed by atoms with E-state index in [9.17, 15) is 9.59 Å². The molecule has 7 heteroatoms. The number of carbonyl (C=O) groups is 2. The average molecular weight is 412 g/mol. The Morgan fingerprint density at radius 2 is 1.63 bits per heavy atom. The van der Waals surface area contributed by atoms with Gasteiger partial charge in [-0.3, -0.25) is 14.5 Å². The Morgan fingerprint density at radius 1 is 1.03 bits per heavy atom. The number of benzene rings is 2. The van der Waals surface area contributed by atoms with Crippen molar-refractivity contribution in [1.82, 2.24) is 4.90 Å². The summed E-state index contributed by atoms with van der Waals surface area (Å²) in [5.74, 6) is 1.04. The van der Waals surface area contributed by atoms with Gasteiger partial charge in [-0.1, -0.05) is 12.1 Å². The fourth-order valence-electron chi connectivity index (χ4n) is 3.86. The predicted octanol–water partition coefficient (Wildman–Crippen LogP) is 2.75. The summed E-state index contributed by atoms with van der Waals surface area (Å²) >= 11 is 0. The summed E-state index contributed by atoms with van der Waals surface area (Å²) in [7, 11) is 3.24. The molecule has 2 amide bonds. The van der Waals surface area contributed by atoms with Crippen LogP contribution in [0.15, 0.2) is 48.5 Å². The second-order valence-electron chi connectivity index (χ2n) is 7.36. The maximum Gasteiger partial charge on any atom is 0.241 e. The molecule has 0 saturated carbocycles. The molecule has 1 aliphatic heterocycles. The molecule has 0 bridgehead atoms. The molecule has 1 saturated heterocycles. The highest BCUT2D eigenvalue weighted by Gasteiger charge is 2.29. The first-order valence-corrected chi connectivity index (χ1v) is 10.1. The number of carbonyl (C=O) groups excluding carboxylic acids is 2. The van der Waals surface area contributed by atoms with Crippen LogP contribution in [0.25, 0.3) is 0 Å². The maximum absolute atomic E-state index is 13.2. The number of hydrogen-bond acceptors (Lipinski definition) is 5. The van der Waals surface area contributed by atoms with E-state index in [2.05, 4.69) is 17.0 Å². The van der Waals surface area contributed by atoms with Crippen molar-refractivity contribution in [3.63, 3.8) is 0 Å². The summed E-state index contributed by atoms with van der Waals surface area (Å²) < 4.78 is 10.4. The van der Waals surface area contributed by atoms with Gasteiger partial charge in [-0.25, -0.2) is 0 Å². The zero-order valence-electron chi connectivity index (χ0n) is 17.5. The van der Waals surface area contributed by atoms with Gasteiger partial charge in [-0.2, -0.15) is 0 Å². The van der Waals surface area contributed by atoms with Gasteiger partial charge in [0.1, 0.15) is 11.5 Å². The molecule has 2 aromatic carbocycles. The molecular weight excluding hydrogens is 382 g/mol. The van der Waals surface area contributed by atoms with Crippen LogP contribution in [0.5, 0.6) is 11.5 Å². The molecule has 3 rings (SSSR count). The summed E-state index contributed by atoms with van der Waals surface area (Å²) in [5, 5.41) is 0. The third-order valence-electron chi connectivity index (χ3n) is 5.47. The third-order valence-corrected chi connectivity index (χ3v) is 5.47. The Labute approximate surface area is 177 Å². The molecule has 0 aliphatic carbocycles. The molecular formula is C23H29N3O4. The van der Waals surface area contributed by atoms with Crippen LogP contribution in [0, 0.1) is 0 Å². The number of hydrogen-bond donors (Lipinski definition) is 1. The zero-order chi connectivity index (χ0) is 21.5. The van der Waals surface area contributed by atoms with E-state index < -0.39 is 5.91 Å². The molecule has 2 aromatic rings. The number of primary amides is 1. The first kappa shape index (κ1) is 21.6. The molecule has 1 fully saturated rings. The molecule has 1 heterocycles. The lowest BCUT2D eigenvalue weighted by Gasteiger charge is -2.29. The van der Waals surface area contributed by atoms with Gasteiger partial charge in [0.15, 0.2) is 0 Å². The predicted molar refractivity (Wildman–Crippen MR) is 116 cm³/mol. The Balaban J connectivity index is 1.74. The molecule has 1 atom stereocenters. The van der Waals surface area contributed by atoms with Crippen LogP contribution >= 0.6 is 0 Å². The lowest BCUT2D eigenvalue weighted by Crippen LogP contribution is -2.41. The topological polar surface area (TPSA) is 85.1 Å². The summed E-state index contributed by atoms with van der Waals surface area (Å²) in [6.45, 7) is 1.39. The largest absolute Gasteiger partial charge is 0.497 e. The quantitative estimate of drug-likeness (QED) is 0.686. The minimum atomic E-state index is -0.432. The van der Waals surface area contributed by atoms with Gasteiger partial charge < -0.3 is 20.1 Å². The van der Waals surface area contributed by atoms with Crippen molar-refractivity contribution >= 4 is 17.5 Å². The van der Waals surface area contributed by atoms with Crippen molar-refractivity contribution in [2.45, 2.75) is 25.3 Å². The van der Waals surface area contributed by atoms with Crippen LogP contribution < -0.4 is 20.1 Å². The molecule has 160 valence electrons. The number of methoxy groups -OCH3 is 2. The smallest absolute Gasteiger partial charge is 0.241 e. The highest BCUT2D eigenvalue weighted by molar-refractivity contribution is 5.95. The number of rotatable bonds is 9. The van der Waals surface area contributed by atoms with E-state index in [1.165, 1.54) is 5.56 Å². The Hall–Kier alpha value is -3.06. The van der Waals surface area contributed by atoms with Crippen molar-refractivity contribution in [2.75, 3.05) is 38.8 Å². The van der Waals surface area contributed by atoms with Gasteiger partial charge in [0.05, 0.1) is 20.8 Å². The summed E-state index contributed by atoms with van der Waals surface area (Å²) in [6.07, 6.45) is 2.15. The van der Waals surface area contributed by atoms with E-state index in [4.69, 9.17) is 15.2 Å². The number of nitrogens with zero attached hydrogens (tertiary/aromatic N) is 2. The monoisotopic (exact) mass is 411 g/mol. The number of likely N-dealkylation sites (tertiary alicyclic amines) is 1. The van der Waals surface area contributed by atoms with Crippen LogP contribution in [0.2, 0.25) is 0 Å². The van der Waals surface area contributed by atoms with Gasteiger partial charge >= 0.3 is 0 Å². The number of nitrogens with two attached hydrogens (primary N) is 1. The summed E-state index contributed by atoms with van der Waals surface area (Å²) in [6, 6.07) is 15.4. The van der Waals surface area contributed by atoms with Gasteiger partial charge in [0.2, 0.25) is 11.8 Å². The minimum Gasteiger partial charge on any atom is -0.497 e. The SMILES string of the molecule is COc1ccc([C@@H]2CCCN2CC(=O)N(CCC(N)=O)c2ccc(OC)cc2)cc1. The number of amides is 2. The summed E-state index contributed by atoms with van der Waals surface area (Å²) in [4.78, 5) is 28.4. The van der Waals surface area contributed by atoms with Gasteiger partial charge in [0.25, 0.3) is 0 Å². The van der Waals surface area contributed by atoms with Crippen molar-refractivity contribution in [3.8, 4) is 11.5 Å². The molecule has 0 unspecified atom stereocenters. The molecule has 0 aromatic heterocycles. The molecule has 30 heavy (non-hydrogen) atoms. The molecule has 1 aliphatic rings. The van der Waals surface area contributed by atoms with Crippen LogP contribution in [0.3, 0.4) is 0 Å². The Bertz CT molecular complexity index is 852. The van der Waals surface area contributed by atoms with Crippen LogP contribution in [-0.4, -0.2) is 50.6 Å². The van der Waals surface area contributed by atoms with Crippen molar-refractivity contribution in [2.24, 2.45) is 5.73 Å². The van der Waals surface area contributed by atoms with Crippen LogP contribution in [0.4, 0.5) is 5.69 Å². The normalized spacial score (nSPS) is 16.3. The first-order chi connectivity index (χ1) is 14.5. The Morgan fingerprint density at radius 3 is 2.20 bits per heavy atom. The van der Waals surface area contributed by atoms with E-state index in [0.717, 1.165) is 30.8 Å². The highest BCUT2D eigenvalue weighted by atomic mass is 16.5. The lowest BCUT2D eigenvalue weighted by atomic mass is 10.0. The van der Waals surface area contributed by atoms with E-state index in [1.807, 2.05) is 24.3 Å². The van der Waals surface area contributed by atoms with Gasteiger partial charge in [-0.15, -0.1) is 0 Å². The summed E-state index contributed by atoms with van der Waals surface area (Å²) in [5.41, 5.74) is 7.23. The van der Waals surface area contributed by atoms with Crippen molar-refractivity contribution in [1.29, 1.82) is 0 Å². The molecule has 2 N–H and O–H groups in total. The third kappa shape index (κ3) is 5.30. The van der Waals surface area contributed by atoms with E-state index in [1.54, 1.807) is 31.3 Å². The van der Waals surface area contributed by atoms with E-state index >= 15 is 0 Å². The second kappa shape index (κ2) is 10.1. The second-order valence-corrected chi connectivity index (χ2v) is 7.36. The minimum absolute atomic E-state index is 0.0539. The van der Waals surface area contributed by atoms with E-state index in [-0.39, 0.29) is 31.5 Å². The van der Waals surface area contributed by atoms with Crippen molar-refractivity contribution in [3.05, 3.63) is 54.1 Å². The first-order valence-electron chi connectivity index (χ1n) is 10.1. The Kier molecular flexibility index (Phi) is 7.30. The van der Waals surface area contributed by atoms with Gasteiger partial charge in [0, 0.05) is 24.7 Å². The standard InChI is InChI=1S/C23H29N3O4/c1-29-19-9-5-17(6-10-19)21-4-3-14-25(21)16-23(28)26(15-13-22(24)27)18-7-11-20(30-2)12-8-18/h5-12,21H,3-4,13-16H2,1-2H3,(H2,24,27)/t21-/m0/s1. The van der Waals surface area contributed by atoms with Crippen LogP contribution in [-0.2, 0) is 9.59 Å². The molecule has 0 spiro atoms. The van der Waals surface area contributed by atoms with Gasteiger partial charge in [-0.05, 0) is 61.3 Å². The fourth-order valence-corrected chi connectivity index (χ4v) is 3.86.